The first kappa shape index (κ1) is 28.2. The number of rotatable bonds is 6. The second-order valence-electron chi connectivity index (χ2n) is 10.5. The zero-order chi connectivity index (χ0) is 29.2. The summed E-state index contributed by atoms with van der Waals surface area (Å²) < 4.78 is 39.6. The molecule has 2 fully saturated rings. The van der Waals surface area contributed by atoms with Crippen LogP contribution in [0.1, 0.15) is 34.3 Å². The summed E-state index contributed by atoms with van der Waals surface area (Å²) in [5, 5.41) is 0. The van der Waals surface area contributed by atoms with Crippen LogP contribution in [0.3, 0.4) is 0 Å². The average molecular weight is 565 g/mol. The summed E-state index contributed by atoms with van der Waals surface area (Å²) in [6.07, 6.45) is -3.98. The van der Waals surface area contributed by atoms with E-state index in [9.17, 15) is 27.6 Å². The number of anilines is 1. The van der Waals surface area contributed by atoms with Crippen molar-refractivity contribution in [3.63, 3.8) is 0 Å². The summed E-state index contributed by atoms with van der Waals surface area (Å²) in [4.78, 5) is 46.9. The van der Waals surface area contributed by atoms with Gasteiger partial charge in [-0.3, -0.25) is 14.4 Å². The van der Waals surface area contributed by atoms with Crippen molar-refractivity contribution in [3.05, 3.63) is 102 Å². The van der Waals surface area contributed by atoms with Gasteiger partial charge in [0, 0.05) is 37.9 Å². The Kier molecular flexibility index (Phi) is 7.75. The van der Waals surface area contributed by atoms with E-state index in [-0.39, 0.29) is 56.5 Å². The lowest BCUT2D eigenvalue weighted by molar-refractivity contribution is -0.140. The van der Waals surface area contributed by atoms with Crippen molar-refractivity contribution in [2.24, 2.45) is 0 Å². The molecule has 0 aliphatic carbocycles. The lowest BCUT2D eigenvalue weighted by Crippen LogP contribution is -2.57. The Labute approximate surface area is 236 Å². The van der Waals surface area contributed by atoms with E-state index >= 15 is 0 Å². The predicted molar refractivity (Wildman–Crippen MR) is 148 cm³/mol. The highest BCUT2D eigenvalue weighted by atomic mass is 19.4. The minimum absolute atomic E-state index is 0.0397. The van der Waals surface area contributed by atoms with Crippen molar-refractivity contribution in [2.45, 2.75) is 31.1 Å². The van der Waals surface area contributed by atoms with Crippen LogP contribution in [-0.2, 0) is 22.3 Å². The topological polar surface area (TPSA) is 64.2 Å². The van der Waals surface area contributed by atoms with E-state index in [1.807, 2.05) is 65.6 Å². The van der Waals surface area contributed by atoms with Gasteiger partial charge in [0.1, 0.15) is 12.1 Å². The standard InChI is InChI=1S/C31H31F3N4O3/c1-35(20-23-9-4-2-5-10-23)27(39)21-37-22-38(26-13-6-3-7-14-26)30(29(37)41)15-17-36(18-16-30)28(40)24-11-8-12-25(19-24)31(32,33)34/h2-14,19H,15-18,20-22H2,1H3. The van der Waals surface area contributed by atoms with Crippen LogP contribution in [0, 0.1) is 0 Å². The van der Waals surface area contributed by atoms with Crippen LogP contribution in [0.5, 0.6) is 0 Å². The largest absolute Gasteiger partial charge is 0.416 e. The number of benzene rings is 3. The van der Waals surface area contributed by atoms with Crippen LogP contribution in [-0.4, -0.2) is 71.3 Å². The number of hydrogen-bond acceptors (Lipinski definition) is 4. The highest BCUT2D eigenvalue weighted by Crippen LogP contribution is 2.40. The molecule has 2 aliphatic heterocycles. The average Bonchev–Trinajstić information content (AvgIpc) is 3.24. The summed E-state index contributed by atoms with van der Waals surface area (Å²) >= 11 is 0. The number of carbonyl (C=O) groups excluding carboxylic acids is 3. The highest BCUT2D eigenvalue weighted by Gasteiger charge is 2.54. The van der Waals surface area contributed by atoms with Crippen molar-refractivity contribution in [1.29, 1.82) is 0 Å². The smallest absolute Gasteiger partial charge is 0.340 e. The monoisotopic (exact) mass is 564 g/mol. The fourth-order valence-corrected chi connectivity index (χ4v) is 5.64. The van der Waals surface area contributed by atoms with Crippen LogP contribution in [0.15, 0.2) is 84.9 Å². The maximum absolute atomic E-state index is 14.0. The molecule has 3 aromatic carbocycles. The molecule has 2 aliphatic rings. The molecule has 0 atom stereocenters. The number of alkyl halides is 3. The number of likely N-dealkylation sites (N-methyl/N-ethyl adjacent to an activating group) is 1. The highest BCUT2D eigenvalue weighted by molar-refractivity contribution is 5.97. The van der Waals surface area contributed by atoms with Crippen LogP contribution < -0.4 is 4.90 Å². The van der Waals surface area contributed by atoms with Gasteiger partial charge in [-0.05, 0) is 48.7 Å². The quantitative estimate of drug-likeness (QED) is 0.438. The summed E-state index contributed by atoms with van der Waals surface area (Å²) in [5.74, 6) is -0.879. The van der Waals surface area contributed by atoms with E-state index in [2.05, 4.69) is 0 Å². The third-order valence-corrected chi connectivity index (χ3v) is 7.91. The molecule has 1 spiro atoms. The van der Waals surface area contributed by atoms with Crippen molar-refractivity contribution in [3.8, 4) is 0 Å². The fraction of sp³-hybridized carbons (Fsp3) is 0.323. The van der Waals surface area contributed by atoms with Crippen molar-refractivity contribution in [1.82, 2.24) is 14.7 Å². The molecule has 2 heterocycles. The molecule has 0 bridgehead atoms. The number of amides is 3. The molecular formula is C31H31F3N4O3. The Bertz CT molecular complexity index is 1410. The summed E-state index contributed by atoms with van der Waals surface area (Å²) in [6.45, 7) is 0.941. The molecule has 7 nitrogen and oxygen atoms in total. The molecule has 0 N–H and O–H groups in total. The SMILES string of the molecule is CN(Cc1ccccc1)C(=O)CN1CN(c2ccccc2)C2(CCN(C(=O)c3cccc(C(F)(F)F)c3)CC2)C1=O. The number of para-hydroxylation sites is 1. The van der Waals surface area contributed by atoms with E-state index in [4.69, 9.17) is 0 Å². The predicted octanol–water partition coefficient (Wildman–Crippen LogP) is 4.65. The molecule has 0 aromatic heterocycles. The Hall–Kier alpha value is -4.34. The van der Waals surface area contributed by atoms with E-state index in [0.717, 1.165) is 23.4 Å². The van der Waals surface area contributed by atoms with Crippen LogP contribution in [0.25, 0.3) is 0 Å². The Morgan fingerprint density at radius 1 is 0.902 bits per heavy atom. The molecule has 3 amide bonds. The van der Waals surface area contributed by atoms with Gasteiger partial charge in [0.2, 0.25) is 5.91 Å². The van der Waals surface area contributed by atoms with Gasteiger partial charge in [-0.1, -0.05) is 54.6 Å². The van der Waals surface area contributed by atoms with Gasteiger partial charge < -0.3 is 19.6 Å². The normalized spacial score (nSPS) is 16.8. The number of halogens is 3. The number of likely N-dealkylation sites (tertiary alicyclic amines) is 1. The van der Waals surface area contributed by atoms with Gasteiger partial charge in [-0.2, -0.15) is 13.2 Å². The molecule has 0 saturated carbocycles. The first-order chi connectivity index (χ1) is 19.6. The molecule has 0 unspecified atom stereocenters. The van der Waals surface area contributed by atoms with Gasteiger partial charge in [0.25, 0.3) is 11.8 Å². The first-order valence-electron chi connectivity index (χ1n) is 13.4. The minimum atomic E-state index is -4.55. The second kappa shape index (κ2) is 11.3. The van der Waals surface area contributed by atoms with Gasteiger partial charge >= 0.3 is 6.18 Å². The van der Waals surface area contributed by atoms with E-state index < -0.39 is 23.2 Å². The molecule has 10 heteroatoms. The molecule has 2 saturated heterocycles. The fourth-order valence-electron chi connectivity index (χ4n) is 5.64. The molecule has 0 radical (unpaired) electrons. The Morgan fingerprint density at radius 3 is 2.17 bits per heavy atom. The zero-order valence-corrected chi connectivity index (χ0v) is 22.7. The van der Waals surface area contributed by atoms with Gasteiger partial charge in [0.15, 0.2) is 0 Å². The second-order valence-corrected chi connectivity index (χ2v) is 10.5. The van der Waals surface area contributed by atoms with Crippen LogP contribution >= 0.6 is 0 Å². The lowest BCUT2D eigenvalue weighted by atomic mass is 9.85. The van der Waals surface area contributed by atoms with Gasteiger partial charge in [0.05, 0.1) is 12.2 Å². The molecular weight excluding hydrogens is 533 g/mol. The van der Waals surface area contributed by atoms with Crippen molar-refractivity contribution < 1.29 is 27.6 Å². The molecule has 41 heavy (non-hydrogen) atoms. The molecule has 3 aromatic rings. The van der Waals surface area contributed by atoms with Crippen molar-refractivity contribution >= 4 is 23.4 Å². The number of carbonyl (C=O) groups is 3. The summed E-state index contributed by atoms with van der Waals surface area (Å²) in [5.41, 5.74) is -0.0790. The molecule has 5 rings (SSSR count). The van der Waals surface area contributed by atoms with Crippen molar-refractivity contribution in [2.75, 3.05) is 38.3 Å². The summed E-state index contributed by atoms with van der Waals surface area (Å²) in [6, 6.07) is 23.4. The maximum atomic E-state index is 14.0. The van der Waals surface area contributed by atoms with E-state index in [0.29, 0.717) is 6.54 Å². The molecule has 214 valence electrons. The third kappa shape index (κ3) is 5.77. The number of piperidine rings is 1. The first-order valence-corrected chi connectivity index (χ1v) is 13.4. The minimum Gasteiger partial charge on any atom is -0.340 e. The lowest BCUT2D eigenvalue weighted by Gasteiger charge is -2.43. The van der Waals surface area contributed by atoms with Gasteiger partial charge in [-0.15, -0.1) is 0 Å². The van der Waals surface area contributed by atoms with Crippen LogP contribution in [0.4, 0.5) is 18.9 Å². The van der Waals surface area contributed by atoms with Crippen LogP contribution in [0.2, 0.25) is 0 Å². The zero-order valence-electron chi connectivity index (χ0n) is 22.7. The van der Waals surface area contributed by atoms with E-state index in [1.54, 1.807) is 16.8 Å². The summed E-state index contributed by atoms with van der Waals surface area (Å²) in [7, 11) is 1.71. The number of nitrogens with zero attached hydrogens (tertiary/aromatic N) is 4. The Balaban J connectivity index is 1.32. The van der Waals surface area contributed by atoms with E-state index in [1.165, 1.54) is 17.0 Å². The Morgan fingerprint density at radius 2 is 1.54 bits per heavy atom. The number of hydrogen-bond donors (Lipinski definition) is 0. The van der Waals surface area contributed by atoms with Gasteiger partial charge in [-0.25, -0.2) is 0 Å². The third-order valence-electron chi connectivity index (χ3n) is 7.91. The maximum Gasteiger partial charge on any atom is 0.416 e.